The molecule has 1 saturated heterocycles. The molecule has 0 bridgehead atoms. The number of hydrogen-bond acceptors (Lipinski definition) is 7. The molecule has 3 heterocycles. The third kappa shape index (κ3) is 4.54. The molecule has 9 heteroatoms. The lowest BCUT2D eigenvalue weighted by molar-refractivity contribution is -0.125. The number of aromatic nitrogens is 5. The predicted molar refractivity (Wildman–Crippen MR) is 95.6 cm³/mol. The Labute approximate surface area is 152 Å². The first-order valence-electron chi connectivity index (χ1n) is 8.82. The van der Waals surface area contributed by atoms with Crippen LogP contribution in [0.1, 0.15) is 24.3 Å². The van der Waals surface area contributed by atoms with Gasteiger partial charge in [-0.15, -0.1) is 0 Å². The zero-order chi connectivity index (χ0) is 18.5. The molecule has 1 N–H and O–H groups in total. The van der Waals surface area contributed by atoms with Gasteiger partial charge >= 0.3 is 0 Å². The zero-order valence-corrected chi connectivity index (χ0v) is 15.5. The molecule has 0 unspecified atom stereocenters. The first kappa shape index (κ1) is 18.2. The molecule has 9 nitrogen and oxygen atoms in total. The van der Waals surface area contributed by atoms with Crippen LogP contribution in [0.5, 0.6) is 0 Å². The molecule has 26 heavy (non-hydrogen) atoms. The highest BCUT2D eigenvalue weighted by Gasteiger charge is 2.17. The van der Waals surface area contributed by atoms with E-state index < -0.39 is 0 Å². The van der Waals surface area contributed by atoms with Crippen molar-refractivity contribution in [2.75, 3.05) is 31.2 Å². The largest absolute Gasteiger partial charge is 0.378 e. The minimum atomic E-state index is -0.213. The Morgan fingerprint density at radius 3 is 2.77 bits per heavy atom. The van der Waals surface area contributed by atoms with E-state index >= 15 is 0 Å². The average Bonchev–Trinajstić information content (AvgIpc) is 2.97. The summed E-state index contributed by atoms with van der Waals surface area (Å²) in [6, 6.07) is 1.92. The third-order valence-corrected chi connectivity index (χ3v) is 4.35. The standard InChI is InChI=1S/C17H25N7O2/c1-12(10-24-14(3)21-13(2)22-24)17(25)18-9-15-8-16(20-11-19-15)23-4-6-26-7-5-23/h8,11-12H,4-7,9-10H2,1-3H3,(H,18,25)/t12-/m0/s1. The number of morpholine rings is 1. The highest BCUT2D eigenvalue weighted by atomic mass is 16.5. The monoisotopic (exact) mass is 359 g/mol. The fourth-order valence-corrected chi connectivity index (χ4v) is 2.88. The van der Waals surface area contributed by atoms with Crippen molar-refractivity contribution < 1.29 is 9.53 Å². The van der Waals surface area contributed by atoms with E-state index in [2.05, 4.69) is 30.3 Å². The number of nitrogens with zero attached hydrogens (tertiary/aromatic N) is 6. The first-order valence-corrected chi connectivity index (χ1v) is 8.82. The molecular weight excluding hydrogens is 334 g/mol. The lowest BCUT2D eigenvalue weighted by atomic mass is 10.1. The number of carbonyl (C=O) groups is 1. The van der Waals surface area contributed by atoms with Gasteiger partial charge in [-0.25, -0.2) is 19.6 Å². The van der Waals surface area contributed by atoms with E-state index in [0.29, 0.717) is 32.1 Å². The number of nitrogens with one attached hydrogen (secondary N) is 1. The summed E-state index contributed by atoms with van der Waals surface area (Å²) in [4.78, 5) is 27.4. The van der Waals surface area contributed by atoms with Gasteiger partial charge in [-0.2, -0.15) is 5.10 Å². The van der Waals surface area contributed by atoms with Crippen LogP contribution in [0.25, 0.3) is 0 Å². The Morgan fingerprint density at radius 1 is 1.31 bits per heavy atom. The number of carbonyl (C=O) groups excluding carboxylic acids is 1. The van der Waals surface area contributed by atoms with Crippen molar-refractivity contribution >= 4 is 11.7 Å². The molecule has 1 fully saturated rings. The summed E-state index contributed by atoms with van der Waals surface area (Å²) in [6.45, 7) is 9.52. The van der Waals surface area contributed by atoms with Gasteiger partial charge in [0.05, 0.1) is 37.9 Å². The topological polar surface area (TPSA) is 98.1 Å². The van der Waals surface area contributed by atoms with Gasteiger partial charge in [-0.3, -0.25) is 4.79 Å². The van der Waals surface area contributed by atoms with Gasteiger partial charge in [0.1, 0.15) is 23.8 Å². The molecule has 0 aromatic carbocycles. The van der Waals surface area contributed by atoms with Gasteiger partial charge in [0.15, 0.2) is 0 Å². The van der Waals surface area contributed by atoms with Crippen molar-refractivity contribution in [1.82, 2.24) is 30.0 Å². The Hall–Kier alpha value is -2.55. The molecule has 0 radical (unpaired) electrons. The minimum Gasteiger partial charge on any atom is -0.378 e. The highest BCUT2D eigenvalue weighted by Crippen LogP contribution is 2.13. The highest BCUT2D eigenvalue weighted by molar-refractivity contribution is 5.78. The van der Waals surface area contributed by atoms with Crippen molar-refractivity contribution in [1.29, 1.82) is 0 Å². The van der Waals surface area contributed by atoms with Gasteiger partial charge in [0.2, 0.25) is 5.91 Å². The molecule has 140 valence electrons. The van der Waals surface area contributed by atoms with Crippen LogP contribution in [0.3, 0.4) is 0 Å². The van der Waals surface area contributed by atoms with E-state index in [4.69, 9.17) is 4.74 Å². The van der Waals surface area contributed by atoms with Crippen LogP contribution in [0.4, 0.5) is 5.82 Å². The van der Waals surface area contributed by atoms with E-state index in [-0.39, 0.29) is 11.8 Å². The molecule has 1 atom stereocenters. The fourth-order valence-electron chi connectivity index (χ4n) is 2.88. The Bertz CT molecular complexity index is 755. The molecular formula is C17H25N7O2. The summed E-state index contributed by atoms with van der Waals surface area (Å²) in [5.41, 5.74) is 0.787. The molecule has 2 aromatic rings. The van der Waals surface area contributed by atoms with E-state index in [1.54, 1.807) is 4.68 Å². The predicted octanol–water partition coefficient (Wildman–Crippen LogP) is 0.474. The van der Waals surface area contributed by atoms with Crippen LogP contribution in [0, 0.1) is 19.8 Å². The maximum Gasteiger partial charge on any atom is 0.225 e. The summed E-state index contributed by atoms with van der Waals surface area (Å²) in [5, 5.41) is 7.24. The molecule has 3 rings (SSSR count). The molecule has 0 spiro atoms. The number of rotatable bonds is 6. The van der Waals surface area contributed by atoms with Crippen LogP contribution in [-0.4, -0.2) is 56.9 Å². The summed E-state index contributed by atoms with van der Waals surface area (Å²) in [6.07, 6.45) is 1.54. The normalized spacial score (nSPS) is 15.7. The molecule has 1 aliphatic rings. The number of ether oxygens (including phenoxy) is 1. The van der Waals surface area contributed by atoms with Gasteiger partial charge in [0, 0.05) is 19.2 Å². The van der Waals surface area contributed by atoms with E-state index in [0.717, 1.165) is 30.4 Å². The Balaban J connectivity index is 1.54. The second-order valence-electron chi connectivity index (χ2n) is 6.47. The van der Waals surface area contributed by atoms with Crippen LogP contribution in [0.2, 0.25) is 0 Å². The SMILES string of the molecule is Cc1nc(C)n(C[C@H](C)C(=O)NCc2cc(N3CCOCC3)ncn2)n1. The Kier molecular flexibility index (Phi) is 5.77. The quantitative estimate of drug-likeness (QED) is 0.801. The summed E-state index contributed by atoms with van der Waals surface area (Å²) >= 11 is 0. The smallest absolute Gasteiger partial charge is 0.225 e. The molecule has 0 saturated carbocycles. The number of aryl methyl sites for hydroxylation is 2. The molecule has 1 amide bonds. The maximum absolute atomic E-state index is 12.4. The van der Waals surface area contributed by atoms with Gasteiger partial charge in [-0.05, 0) is 13.8 Å². The maximum atomic E-state index is 12.4. The van der Waals surface area contributed by atoms with Crippen LogP contribution < -0.4 is 10.2 Å². The number of hydrogen-bond donors (Lipinski definition) is 1. The zero-order valence-electron chi connectivity index (χ0n) is 15.5. The van der Waals surface area contributed by atoms with E-state index in [1.807, 2.05) is 26.8 Å². The van der Waals surface area contributed by atoms with Gasteiger partial charge < -0.3 is 15.0 Å². The second-order valence-corrected chi connectivity index (χ2v) is 6.47. The van der Waals surface area contributed by atoms with Gasteiger partial charge in [-0.1, -0.05) is 6.92 Å². The number of amides is 1. The first-order chi connectivity index (χ1) is 12.5. The Morgan fingerprint density at radius 2 is 2.08 bits per heavy atom. The second kappa shape index (κ2) is 8.22. The van der Waals surface area contributed by atoms with Crippen LogP contribution >= 0.6 is 0 Å². The van der Waals surface area contributed by atoms with E-state index in [1.165, 1.54) is 6.33 Å². The van der Waals surface area contributed by atoms with Crippen molar-refractivity contribution in [2.45, 2.75) is 33.9 Å². The molecule has 2 aromatic heterocycles. The van der Waals surface area contributed by atoms with Crippen molar-refractivity contribution in [3.8, 4) is 0 Å². The average molecular weight is 359 g/mol. The summed E-state index contributed by atoms with van der Waals surface area (Å²) in [5.74, 6) is 2.15. The fraction of sp³-hybridized carbons (Fsp3) is 0.588. The van der Waals surface area contributed by atoms with Crippen molar-refractivity contribution in [3.05, 3.63) is 29.7 Å². The van der Waals surface area contributed by atoms with Crippen LogP contribution in [-0.2, 0) is 22.6 Å². The van der Waals surface area contributed by atoms with E-state index in [9.17, 15) is 4.79 Å². The lowest BCUT2D eigenvalue weighted by Gasteiger charge is -2.27. The number of anilines is 1. The lowest BCUT2D eigenvalue weighted by Crippen LogP contribution is -2.37. The summed E-state index contributed by atoms with van der Waals surface area (Å²) in [7, 11) is 0. The minimum absolute atomic E-state index is 0.0379. The molecule has 0 aliphatic carbocycles. The van der Waals surface area contributed by atoms with Crippen LogP contribution in [0.15, 0.2) is 12.4 Å². The third-order valence-electron chi connectivity index (χ3n) is 4.35. The van der Waals surface area contributed by atoms with Gasteiger partial charge in [0.25, 0.3) is 0 Å². The molecule has 1 aliphatic heterocycles. The van der Waals surface area contributed by atoms with Crippen molar-refractivity contribution in [2.24, 2.45) is 5.92 Å². The summed E-state index contributed by atoms with van der Waals surface area (Å²) < 4.78 is 7.13. The van der Waals surface area contributed by atoms with Crippen molar-refractivity contribution in [3.63, 3.8) is 0 Å².